The molecular formula is C13H20O. The van der Waals surface area contributed by atoms with Crippen LogP contribution in [0, 0.1) is 6.92 Å². The quantitative estimate of drug-likeness (QED) is 0.703. The van der Waals surface area contributed by atoms with Crippen LogP contribution in [0.25, 0.3) is 0 Å². The highest BCUT2D eigenvalue weighted by Crippen LogP contribution is 2.18. The molecule has 1 aromatic carbocycles. The Labute approximate surface area is 86.8 Å². The number of aryl methyl sites for hydroxylation is 2. The van der Waals surface area contributed by atoms with E-state index in [4.69, 9.17) is 0 Å². The van der Waals surface area contributed by atoms with E-state index in [0.29, 0.717) is 5.75 Å². The first-order chi connectivity index (χ1) is 6.74. The maximum absolute atomic E-state index is 9.50. The fraction of sp³-hybridized carbons (Fsp3) is 0.538. The van der Waals surface area contributed by atoms with Crippen molar-refractivity contribution >= 4 is 0 Å². The maximum Gasteiger partial charge on any atom is 0.118 e. The number of phenolic OH excluding ortho intramolecular Hbond substituents is 1. The predicted octanol–water partition coefficient (Wildman–Crippen LogP) is 3.82. The molecule has 0 atom stereocenters. The number of hydrogen-bond acceptors (Lipinski definition) is 1. The van der Waals surface area contributed by atoms with Crippen LogP contribution in [0.2, 0.25) is 0 Å². The van der Waals surface area contributed by atoms with E-state index < -0.39 is 0 Å². The van der Waals surface area contributed by atoms with Crippen molar-refractivity contribution in [3.05, 3.63) is 29.3 Å². The minimum atomic E-state index is 0.429. The van der Waals surface area contributed by atoms with Crippen LogP contribution < -0.4 is 0 Å². The van der Waals surface area contributed by atoms with Crippen LogP contribution >= 0.6 is 0 Å². The van der Waals surface area contributed by atoms with Gasteiger partial charge < -0.3 is 5.11 Å². The highest BCUT2D eigenvalue weighted by molar-refractivity contribution is 5.35. The van der Waals surface area contributed by atoms with Gasteiger partial charge >= 0.3 is 0 Å². The van der Waals surface area contributed by atoms with E-state index >= 15 is 0 Å². The van der Waals surface area contributed by atoms with Crippen LogP contribution in [0.15, 0.2) is 18.2 Å². The first-order valence-corrected chi connectivity index (χ1v) is 5.52. The van der Waals surface area contributed by atoms with E-state index in [1.165, 1.54) is 31.2 Å². The minimum absolute atomic E-state index is 0.429. The second-order valence-corrected chi connectivity index (χ2v) is 3.93. The second kappa shape index (κ2) is 5.69. The van der Waals surface area contributed by atoms with Crippen molar-refractivity contribution in [3.63, 3.8) is 0 Å². The maximum atomic E-state index is 9.50. The lowest BCUT2D eigenvalue weighted by atomic mass is 10.0. The Morgan fingerprint density at radius 2 is 1.93 bits per heavy atom. The van der Waals surface area contributed by atoms with E-state index in [1.807, 2.05) is 19.1 Å². The standard InChI is InChI=1S/C13H20O/c1-3-4-5-6-7-12-9-8-11(2)13(14)10-12/h8-10,14H,3-7H2,1-2H3. The van der Waals surface area contributed by atoms with Crippen molar-refractivity contribution in [2.24, 2.45) is 0 Å². The van der Waals surface area contributed by atoms with Crippen molar-refractivity contribution in [1.82, 2.24) is 0 Å². The number of phenols is 1. The molecule has 1 N–H and O–H groups in total. The van der Waals surface area contributed by atoms with Gasteiger partial charge in [-0.05, 0) is 37.0 Å². The number of aromatic hydroxyl groups is 1. The van der Waals surface area contributed by atoms with Crippen molar-refractivity contribution in [2.45, 2.75) is 46.0 Å². The van der Waals surface area contributed by atoms with Gasteiger partial charge in [0.25, 0.3) is 0 Å². The third kappa shape index (κ3) is 3.41. The first kappa shape index (κ1) is 11.1. The van der Waals surface area contributed by atoms with Gasteiger partial charge in [-0.2, -0.15) is 0 Å². The number of hydrogen-bond donors (Lipinski definition) is 1. The summed E-state index contributed by atoms with van der Waals surface area (Å²) >= 11 is 0. The SMILES string of the molecule is CCCCCCc1ccc(C)c(O)c1. The summed E-state index contributed by atoms with van der Waals surface area (Å²) in [6, 6.07) is 5.99. The predicted molar refractivity (Wildman–Crippen MR) is 60.7 cm³/mol. The first-order valence-electron chi connectivity index (χ1n) is 5.52. The van der Waals surface area contributed by atoms with Crippen LogP contribution in [0.1, 0.15) is 43.7 Å². The molecule has 0 radical (unpaired) electrons. The lowest BCUT2D eigenvalue weighted by Crippen LogP contribution is -1.86. The van der Waals surface area contributed by atoms with E-state index in [9.17, 15) is 5.11 Å². The third-order valence-corrected chi connectivity index (χ3v) is 2.59. The molecule has 0 aliphatic heterocycles. The van der Waals surface area contributed by atoms with Gasteiger partial charge in [0.05, 0.1) is 0 Å². The summed E-state index contributed by atoms with van der Waals surface area (Å²) in [6.07, 6.45) is 6.21. The summed E-state index contributed by atoms with van der Waals surface area (Å²) < 4.78 is 0. The average molecular weight is 192 g/mol. The molecule has 0 bridgehead atoms. The van der Waals surface area contributed by atoms with E-state index in [1.54, 1.807) is 0 Å². The molecule has 14 heavy (non-hydrogen) atoms. The fourth-order valence-electron chi connectivity index (χ4n) is 1.57. The van der Waals surface area contributed by atoms with Gasteiger partial charge in [-0.25, -0.2) is 0 Å². The number of benzene rings is 1. The zero-order chi connectivity index (χ0) is 10.4. The van der Waals surface area contributed by atoms with Crippen LogP contribution in [-0.2, 0) is 6.42 Å². The molecular weight excluding hydrogens is 172 g/mol. The molecule has 1 rings (SSSR count). The molecule has 0 heterocycles. The van der Waals surface area contributed by atoms with Crippen LogP contribution in [0.5, 0.6) is 5.75 Å². The van der Waals surface area contributed by atoms with E-state index in [-0.39, 0.29) is 0 Å². The van der Waals surface area contributed by atoms with Gasteiger partial charge in [-0.15, -0.1) is 0 Å². The van der Waals surface area contributed by atoms with Gasteiger partial charge in [-0.1, -0.05) is 38.3 Å². The molecule has 0 aliphatic rings. The molecule has 1 heteroatoms. The molecule has 0 aliphatic carbocycles. The zero-order valence-corrected chi connectivity index (χ0v) is 9.21. The Hall–Kier alpha value is -0.980. The average Bonchev–Trinajstić information content (AvgIpc) is 2.18. The highest BCUT2D eigenvalue weighted by atomic mass is 16.3. The minimum Gasteiger partial charge on any atom is -0.508 e. The van der Waals surface area contributed by atoms with Crippen molar-refractivity contribution in [1.29, 1.82) is 0 Å². The van der Waals surface area contributed by atoms with Crippen molar-refractivity contribution in [3.8, 4) is 5.75 Å². The van der Waals surface area contributed by atoms with Gasteiger partial charge in [0.2, 0.25) is 0 Å². The topological polar surface area (TPSA) is 20.2 Å². The van der Waals surface area contributed by atoms with E-state index in [0.717, 1.165) is 12.0 Å². The molecule has 0 fully saturated rings. The molecule has 0 aromatic heterocycles. The van der Waals surface area contributed by atoms with Crippen LogP contribution in [-0.4, -0.2) is 5.11 Å². The number of rotatable bonds is 5. The van der Waals surface area contributed by atoms with Crippen LogP contribution in [0.3, 0.4) is 0 Å². The number of unbranched alkanes of at least 4 members (excludes halogenated alkanes) is 3. The molecule has 0 amide bonds. The summed E-state index contributed by atoms with van der Waals surface area (Å²) in [5, 5.41) is 9.50. The Morgan fingerprint density at radius 3 is 2.57 bits per heavy atom. The smallest absolute Gasteiger partial charge is 0.118 e. The molecule has 1 aromatic rings. The van der Waals surface area contributed by atoms with E-state index in [2.05, 4.69) is 13.0 Å². The lowest BCUT2D eigenvalue weighted by Gasteiger charge is -2.03. The Morgan fingerprint density at radius 1 is 1.14 bits per heavy atom. The van der Waals surface area contributed by atoms with Crippen molar-refractivity contribution in [2.75, 3.05) is 0 Å². The third-order valence-electron chi connectivity index (χ3n) is 2.59. The fourth-order valence-corrected chi connectivity index (χ4v) is 1.57. The second-order valence-electron chi connectivity index (χ2n) is 3.93. The normalized spacial score (nSPS) is 10.4. The van der Waals surface area contributed by atoms with Crippen molar-refractivity contribution < 1.29 is 5.11 Å². The van der Waals surface area contributed by atoms with Gasteiger partial charge in [-0.3, -0.25) is 0 Å². The molecule has 1 nitrogen and oxygen atoms in total. The highest BCUT2D eigenvalue weighted by Gasteiger charge is 1.98. The summed E-state index contributed by atoms with van der Waals surface area (Å²) in [4.78, 5) is 0. The Balaban J connectivity index is 2.39. The summed E-state index contributed by atoms with van der Waals surface area (Å²) in [7, 11) is 0. The van der Waals surface area contributed by atoms with Gasteiger partial charge in [0.1, 0.15) is 5.75 Å². The largest absolute Gasteiger partial charge is 0.508 e. The van der Waals surface area contributed by atoms with Gasteiger partial charge in [0, 0.05) is 0 Å². The van der Waals surface area contributed by atoms with Gasteiger partial charge in [0.15, 0.2) is 0 Å². The summed E-state index contributed by atoms with van der Waals surface area (Å²) in [5.74, 6) is 0.429. The lowest BCUT2D eigenvalue weighted by molar-refractivity contribution is 0.470. The zero-order valence-electron chi connectivity index (χ0n) is 9.21. The molecule has 0 saturated heterocycles. The molecule has 0 spiro atoms. The molecule has 0 saturated carbocycles. The Bertz CT molecular complexity index is 279. The summed E-state index contributed by atoms with van der Waals surface area (Å²) in [5.41, 5.74) is 2.21. The monoisotopic (exact) mass is 192 g/mol. The van der Waals surface area contributed by atoms with Crippen LogP contribution in [0.4, 0.5) is 0 Å². The summed E-state index contributed by atoms with van der Waals surface area (Å²) in [6.45, 7) is 4.15. The molecule has 0 unspecified atom stereocenters. The molecule has 78 valence electrons. The Kier molecular flexibility index (Phi) is 4.51.